The van der Waals surface area contributed by atoms with Crippen LogP contribution in [0.3, 0.4) is 0 Å². The van der Waals surface area contributed by atoms with Crippen molar-refractivity contribution in [2.24, 2.45) is 0 Å². The number of ether oxygens (including phenoxy) is 1. The fourth-order valence-electron chi connectivity index (χ4n) is 2.04. The average Bonchev–Trinajstić information content (AvgIpc) is 2.48. The lowest BCUT2D eigenvalue weighted by atomic mass is 10.1. The van der Waals surface area contributed by atoms with Crippen LogP contribution in [0.2, 0.25) is 0 Å². The Balaban J connectivity index is 2.33. The van der Waals surface area contributed by atoms with E-state index in [1.54, 1.807) is 37.3 Å². The molecule has 0 saturated heterocycles. The monoisotopic (exact) mass is 320 g/mol. The van der Waals surface area contributed by atoms with Gasteiger partial charge in [0.2, 0.25) is 0 Å². The van der Waals surface area contributed by atoms with Crippen molar-refractivity contribution in [1.29, 1.82) is 0 Å². The van der Waals surface area contributed by atoms with E-state index >= 15 is 0 Å². The standard InChI is InChI=1S/C16H20N2O3S/c1-4-9-21-14-10-13(3)15(11-12(14)2)22(19,20)18-16-7-5-6-8-17-16/h5-8,10-11H,4,9H2,1-3H3,(H,17,18). The summed E-state index contributed by atoms with van der Waals surface area (Å²) in [5, 5.41) is 0. The van der Waals surface area contributed by atoms with Gasteiger partial charge in [0.1, 0.15) is 11.6 Å². The molecule has 0 amide bonds. The van der Waals surface area contributed by atoms with Gasteiger partial charge in [-0.1, -0.05) is 13.0 Å². The topological polar surface area (TPSA) is 68.3 Å². The van der Waals surface area contributed by atoms with Gasteiger partial charge in [0.25, 0.3) is 10.0 Å². The molecule has 1 heterocycles. The molecule has 2 rings (SSSR count). The van der Waals surface area contributed by atoms with E-state index in [2.05, 4.69) is 9.71 Å². The van der Waals surface area contributed by atoms with Crippen LogP contribution in [0.15, 0.2) is 41.4 Å². The number of benzene rings is 1. The van der Waals surface area contributed by atoms with Crippen LogP contribution < -0.4 is 9.46 Å². The minimum atomic E-state index is -3.67. The first-order valence-electron chi connectivity index (χ1n) is 7.12. The first kappa shape index (κ1) is 16.3. The molecule has 0 aliphatic carbocycles. The summed E-state index contributed by atoms with van der Waals surface area (Å²) >= 11 is 0. The number of nitrogens with zero attached hydrogens (tertiary/aromatic N) is 1. The minimum Gasteiger partial charge on any atom is -0.493 e. The summed E-state index contributed by atoms with van der Waals surface area (Å²) in [4.78, 5) is 4.22. The quantitative estimate of drug-likeness (QED) is 0.887. The van der Waals surface area contributed by atoms with Gasteiger partial charge in [0.15, 0.2) is 0 Å². The van der Waals surface area contributed by atoms with Crippen LogP contribution in [0.1, 0.15) is 24.5 Å². The summed E-state index contributed by atoms with van der Waals surface area (Å²) in [5.41, 5.74) is 1.43. The number of rotatable bonds is 6. The maximum absolute atomic E-state index is 12.5. The van der Waals surface area contributed by atoms with E-state index in [9.17, 15) is 8.42 Å². The van der Waals surface area contributed by atoms with Crippen molar-refractivity contribution in [3.8, 4) is 5.75 Å². The summed E-state index contributed by atoms with van der Waals surface area (Å²) in [6.45, 7) is 6.23. The number of anilines is 1. The summed E-state index contributed by atoms with van der Waals surface area (Å²) in [5.74, 6) is 1.02. The van der Waals surface area contributed by atoms with E-state index in [1.807, 2.05) is 13.8 Å². The van der Waals surface area contributed by atoms with Crippen LogP contribution in [0.4, 0.5) is 5.82 Å². The van der Waals surface area contributed by atoms with Gasteiger partial charge in [-0.2, -0.15) is 0 Å². The van der Waals surface area contributed by atoms with Gasteiger partial charge in [0.05, 0.1) is 11.5 Å². The van der Waals surface area contributed by atoms with Crippen LogP contribution in [-0.4, -0.2) is 20.0 Å². The Labute approximate surface area is 131 Å². The van der Waals surface area contributed by atoms with Crippen molar-refractivity contribution in [1.82, 2.24) is 4.98 Å². The summed E-state index contributed by atoms with van der Waals surface area (Å²) < 4.78 is 33.1. The molecule has 0 saturated carbocycles. The van der Waals surface area contributed by atoms with Crippen molar-refractivity contribution < 1.29 is 13.2 Å². The maximum Gasteiger partial charge on any atom is 0.263 e. The van der Waals surface area contributed by atoms with Gasteiger partial charge in [-0.25, -0.2) is 13.4 Å². The first-order chi connectivity index (χ1) is 10.4. The molecule has 5 nitrogen and oxygen atoms in total. The Morgan fingerprint density at radius 2 is 1.95 bits per heavy atom. The van der Waals surface area contributed by atoms with Crippen LogP contribution >= 0.6 is 0 Å². The van der Waals surface area contributed by atoms with E-state index in [4.69, 9.17) is 4.74 Å². The Kier molecular flexibility index (Phi) is 5.03. The van der Waals surface area contributed by atoms with Gasteiger partial charge >= 0.3 is 0 Å². The molecule has 0 bridgehead atoms. The van der Waals surface area contributed by atoms with Crippen LogP contribution in [0.5, 0.6) is 5.75 Å². The van der Waals surface area contributed by atoms with E-state index in [-0.39, 0.29) is 4.90 Å². The summed E-state index contributed by atoms with van der Waals surface area (Å²) in [7, 11) is -3.67. The molecular weight excluding hydrogens is 300 g/mol. The zero-order valence-corrected chi connectivity index (χ0v) is 13.8. The SMILES string of the molecule is CCCOc1cc(C)c(S(=O)(=O)Nc2ccccn2)cc1C. The van der Waals surface area contributed by atoms with Crippen molar-refractivity contribution in [3.63, 3.8) is 0 Å². The molecule has 2 aromatic rings. The van der Waals surface area contributed by atoms with Gasteiger partial charge in [0, 0.05) is 6.20 Å². The number of nitrogens with one attached hydrogen (secondary N) is 1. The molecule has 6 heteroatoms. The highest BCUT2D eigenvalue weighted by Crippen LogP contribution is 2.27. The third kappa shape index (κ3) is 3.76. The van der Waals surface area contributed by atoms with Gasteiger partial charge in [-0.3, -0.25) is 4.72 Å². The lowest BCUT2D eigenvalue weighted by Gasteiger charge is -2.14. The lowest BCUT2D eigenvalue weighted by molar-refractivity contribution is 0.315. The van der Waals surface area contributed by atoms with E-state index < -0.39 is 10.0 Å². The fraction of sp³-hybridized carbons (Fsp3) is 0.312. The van der Waals surface area contributed by atoms with Crippen molar-refractivity contribution in [3.05, 3.63) is 47.7 Å². The number of pyridine rings is 1. The highest BCUT2D eigenvalue weighted by Gasteiger charge is 2.19. The van der Waals surface area contributed by atoms with Gasteiger partial charge in [-0.15, -0.1) is 0 Å². The van der Waals surface area contributed by atoms with E-state index in [0.29, 0.717) is 18.0 Å². The van der Waals surface area contributed by atoms with Crippen molar-refractivity contribution >= 4 is 15.8 Å². The highest BCUT2D eigenvalue weighted by atomic mass is 32.2. The Hall–Kier alpha value is -2.08. The third-order valence-electron chi connectivity index (χ3n) is 3.13. The summed E-state index contributed by atoms with van der Waals surface area (Å²) in [6.07, 6.45) is 2.44. The Bertz CT molecular complexity index is 743. The zero-order valence-electron chi connectivity index (χ0n) is 13.0. The number of sulfonamides is 1. The molecule has 118 valence electrons. The predicted octanol–water partition coefficient (Wildman–Crippen LogP) is 3.29. The molecule has 0 atom stereocenters. The molecule has 22 heavy (non-hydrogen) atoms. The molecule has 0 spiro atoms. The van der Waals surface area contributed by atoms with Crippen LogP contribution in [0, 0.1) is 13.8 Å². The van der Waals surface area contributed by atoms with Crippen molar-refractivity contribution in [2.45, 2.75) is 32.1 Å². The molecule has 0 aliphatic heterocycles. The number of aryl methyl sites for hydroxylation is 2. The Morgan fingerprint density at radius 3 is 2.59 bits per heavy atom. The number of hydrogen-bond donors (Lipinski definition) is 1. The number of hydrogen-bond acceptors (Lipinski definition) is 4. The van der Waals surface area contributed by atoms with Gasteiger partial charge in [-0.05, 0) is 55.7 Å². The zero-order chi connectivity index (χ0) is 16.2. The normalized spacial score (nSPS) is 11.2. The third-order valence-corrected chi connectivity index (χ3v) is 4.62. The molecule has 0 radical (unpaired) electrons. The second-order valence-electron chi connectivity index (χ2n) is 5.05. The van der Waals surface area contributed by atoms with E-state index in [0.717, 1.165) is 17.7 Å². The van der Waals surface area contributed by atoms with Crippen LogP contribution in [0.25, 0.3) is 0 Å². The molecule has 0 unspecified atom stereocenters. The lowest BCUT2D eigenvalue weighted by Crippen LogP contribution is -2.15. The second kappa shape index (κ2) is 6.79. The molecule has 1 aromatic carbocycles. The molecule has 1 N–H and O–H groups in total. The molecule has 1 aromatic heterocycles. The maximum atomic E-state index is 12.5. The fourth-order valence-corrected chi connectivity index (χ4v) is 3.36. The van der Waals surface area contributed by atoms with E-state index in [1.165, 1.54) is 6.20 Å². The second-order valence-corrected chi connectivity index (χ2v) is 6.70. The average molecular weight is 320 g/mol. The largest absolute Gasteiger partial charge is 0.493 e. The van der Waals surface area contributed by atoms with Crippen LogP contribution in [-0.2, 0) is 10.0 Å². The minimum absolute atomic E-state index is 0.236. The molecule has 0 fully saturated rings. The van der Waals surface area contributed by atoms with Crippen molar-refractivity contribution in [2.75, 3.05) is 11.3 Å². The number of aromatic nitrogens is 1. The summed E-state index contributed by atoms with van der Waals surface area (Å²) in [6, 6.07) is 8.46. The Morgan fingerprint density at radius 1 is 1.18 bits per heavy atom. The van der Waals surface area contributed by atoms with Gasteiger partial charge < -0.3 is 4.74 Å². The molecular formula is C16H20N2O3S. The molecule has 0 aliphatic rings. The first-order valence-corrected chi connectivity index (χ1v) is 8.60. The smallest absolute Gasteiger partial charge is 0.263 e. The highest BCUT2D eigenvalue weighted by molar-refractivity contribution is 7.92. The predicted molar refractivity (Wildman–Crippen MR) is 86.7 cm³/mol.